The molecule has 5 nitrogen and oxygen atoms in total. The van der Waals surface area contributed by atoms with E-state index in [9.17, 15) is 18.0 Å². The monoisotopic (exact) mass is 348 g/mol. The Labute approximate surface area is 141 Å². The number of amides is 1. The summed E-state index contributed by atoms with van der Waals surface area (Å²) < 4.78 is 39.7. The van der Waals surface area contributed by atoms with Gasteiger partial charge in [-0.25, -0.2) is 0 Å². The number of carbonyl (C=O) groups is 1. The number of alkyl halides is 3. The van der Waals surface area contributed by atoms with Crippen LogP contribution >= 0.6 is 0 Å². The Morgan fingerprint density at radius 1 is 1.16 bits per heavy atom. The summed E-state index contributed by atoms with van der Waals surface area (Å²) in [6.45, 7) is 1.90. The molecule has 0 bridgehead atoms. The molecule has 1 amide bonds. The molecule has 25 heavy (non-hydrogen) atoms. The van der Waals surface area contributed by atoms with E-state index in [4.69, 9.17) is 0 Å². The van der Waals surface area contributed by atoms with Gasteiger partial charge in [0.25, 0.3) is 0 Å². The topological polar surface area (TPSA) is 59.3 Å². The van der Waals surface area contributed by atoms with Crippen LogP contribution in [0, 0.1) is 6.92 Å². The summed E-state index contributed by atoms with van der Waals surface area (Å²) in [5.74, 6) is -0.00254. The van der Waals surface area contributed by atoms with Crippen LogP contribution in [-0.2, 0) is 23.9 Å². The summed E-state index contributed by atoms with van der Waals surface area (Å²) in [5, 5.41) is 10.3. The van der Waals surface area contributed by atoms with E-state index < -0.39 is 11.7 Å². The Morgan fingerprint density at radius 3 is 2.64 bits per heavy atom. The Kier molecular flexibility index (Phi) is 4.43. The summed E-state index contributed by atoms with van der Waals surface area (Å²) in [6, 6.07) is 9.70. The van der Waals surface area contributed by atoms with Crippen molar-refractivity contribution in [3.63, 3.8) is 0 Å². The molecule has 0 saturated carbocycles. The van der Waals surface area contributed by atoms with E-state index >= 15 is 0 Å². The van der Waals surface area contributed by atoms with Gasteiger partial charge in [-0.05, 0) is 30.2 Å². The first-order valence-corrected chi connectivity index (χ1v) is 7.56. The third kappa shape index (κ3) is 3.78. The number of hydrogen-bond acceptors (Lipinski definition) is 3. The number of fused-ring (bicyclic) bond motifs is 1. The van der Waals surface area contributed by atoms with Crippen molar-refractivity contribution in [2.75, 3.05) is 0 Å². The van der Waals surface area contributed by atoms with Crippen molar-refractivity contribution in [3.05, 3.63) is 65.1 Å². The van der Waals surface area contributed by atoms with Crippen molar-refractivity contribution in [2.45, 2.75) is 26.1 Å². The van der Waals surface area contributed by atoms with Crippen LogP contribution in [0.25, 0.3) is 5.65 Å². The average Bonchev–Trinajstić information content (AvgIpc) is 2.96. The number of aryl methyl sites for hydroxylation is 1. The summed E-state index contributed by atoms with van der Waals surface area (Å²) in [4.78, 5) is 12.1. The van der Waals surface area contributed by atoms with E-state index in [2.05, 4.69) is 15.5 Å². The molecule has 0 atom stereocenters. The minimum atomic E-state index is -4.45. The second kappa shape index (κ2) is 6.54. The molecule has 2 heterocycles. The van der Waals surface area contributed by atoms with Gasteiger partial charge in [-0.15, -0.1) is 10.2 Å². The molecular weight excluding hydrogens is 333 g/mol. The number of nitrogens with one attached hydrogen (secondary N) is 1. The predicted octanol–water partition coefficient (Wildman–Crippen LogP) is 2.92. The Bertz CT molecular complexity index is 918. The molecule has 130 valence electrons. The van der Waals surface area contributed by atoms with Crippen LogP contribution in [0.15, 0.2) is 42.6 Å². The van der Waals surface area contributed by atoms with E-state index in [0.717, 1.165) is 23.4 Å². The number of halogens is 3. The average molecular weight is 348 g/mol. The van der Waals surface area contributed by atoms with Crippen LogP contribution in [0.1, 0.15) is 22.5 Å². The number of nitrogens with zero attached hydrogens (tertiary/aromatic N) is 3. The van der Waals surface area contributed by atoms with Crippen molar-refractivity contribution < 1.29 is 18.0 Å². The maximum atomic E-state index is 12.8. The van der Waals surface area contributed by atoms with Crippen molar-refractivity contribution >= 4 is 11.6 Å². The zero-order valence-corrected chi connectivity index (χ0v) is 13.3. The van der Waals surface area contributed by atoms with Crippen LogP contribution in [0.5, 0.6) is 0 Å². The lowest BCUT2D eigenvalue weighted by atomic mass is 10.1. The number of rotatable bonds is 4. The highest BCUT2D eigenvalue weighted by Crippen LogP contribution is 2.29. The van der Waals surface area contributed by atoms with Gasteiger partial charge in [-0.1, -0.05) is 24.3 Å². The van der Waals surface area contributed by atoms with Gasteiger partial charge in [0.05, 0.1) is 18.5 Å². The molecule has 2 aromatic heterocycles. The van der Waals surface area contributed by atoms with E-state index in [0.29, 0.717) is 0 Å². The number of hydrogen-bond donors (Lipinski definition) is 1. The molecule has 0 spiro atoms. The first-order chi connectivity index (χ1) is 11.8. The van der Waals surface area contributed by atoms with Crippen molar-refractivity contribution in [3.8, 4) is 0 Å². The molecule has 3 aromatic rings. The fraction of sp³-hybridized carbons (Fsp3) is 0.235. The standard InChI is InChI=1S/C17H15F3N4O/c1-11-4-2-3-5-12(11)8-16(25)21-9-15-23-22-14-7-6-13(10-24(14)15)17(18,19)20/h2-7,10H,8-9H2,1H3,(H,21,25). The van der Waals surface area contributed by atoms with Gasteiger partial charge in [-0.2, -0.15) is 13.2 Å². The van der Waals surface area contributed by atoms with E-state index in [1.807, 2.05) is 31.2 Å². The number of benzene rings is 1. The minimum absolute atomic E-state index is 0.00675. The van der Waals surface area contributed by atoms with Gasteiger partial charge in [-0.3, -0.25) is 9.20 Å². The third-order valence-corrected chi connectivity index (χ3v) is 3.86. The second-order valence-electron chi connectivity index (χ2n) is 5.64. The van der Waals surface area contributed by atoms with Crippen LogP contribution in [0.4, 0.5) is 13.2 Å². The summed E-state index contributed by atoms with van der Waals surface area (Å²) in [6.07, 6.45) is -3.33. The molecule has 0 aliphatic heterocycles. The highest BCUT2D eigenvalue weighted by Gasteiger charge is 2.31. The first-order valence-electron chi connectivity index (χ1n) is 7.56. The van der Waals surface area contributed by atoms with Crippen molar-refractivity contribution in [1.29, 1.82) is 0 Å². The molecule has 3 rings (SSSR count). The predicted molar refractivity (Wildman–Crippen MR) is 84.7 cm³/mol. The summed E-state index contributed by atoms with van der Waals surface area (Å²) in [5.41, 5.74) is 1.38. The largest absolute Gasteiger partial charge is 0.417 e. The number of pyridine rings is 1. The molecule has 0 fully saturated rings. The quantitative estimate of drug-likeness (QED) is 0.789. The van der Waals surface area contributed by atoms with Gasteiger partial charge < -0.3 is 5.32 Å². The smallest absolute Gasteiger partial charge is 0.348 e. The lowest BCUT2D eigenvalue weighted by Gasteiger charge is -2.08. The summed E-state index contributed by atoms with van der Waals surface area (Å²) in [7, 11) is 0. The normalized spacial score (nSPS) is 11.7. The lowest BCUT2D eigenvalue weighted by molar-refractivity contribution is -0.137. The molecule has 0 aliphatic carbocycles. The Hall–Kier alpha value is -2.90. The Balaban J connectivity index is 1.73. The molecule has 0 aliphatic rings. The van der Waals surface area contributed by atoms with Gasteiger partial charge >= 0.3 is 6.18 Å². The molecule has 0 unspecified atom stereocenters. The molecule has 1 aromatic carbocycles. The zero-order chi connectivity index (χ0) is 18.0. The molecule has 0 saturated heterocycles. The Morgan fingerprint density at radius 2 is 1.92 bits per heavy atom. The number of aromatic nitrogens is 3. The van der Waals surface area contributed by atoms with Crippen LogP contribution < -0.4 is 5.32 Å². The van der Waals surface area contributed by atoms with Crippen LogP contribution in [0.3, 0.4) is 0 Å². The van der Waals surface area contributed by atoms with Gasteiger partial charge in [0.2, 0.25) is 5.91 Å². The molecule has 0 radical (unpaired) electrons. The number of carbonyl (C=O) groups excluding carboxylic acids is 1. The van der Waals surface area contributed by atoms with Gasteiger partial charge in [0.15, 0.2) is 11.5 Å². The minimum Gasteiger partial charge on any atom is -0.348 e. The van der Waals surface area contributed by atoms with Crippen molar-refractivity contribution in [2.24, 2.45) is 0 Å². The van der Waals surface area contributed by atoms with Gasteiger partial charge in [0.1, 0.15) is 0 Å². The highest BCUT2D eigenvalue weighted by molar-refractivity contribution is 5.78. The van der Waals surface area contributed by atoms with Gasteiger partial charge in [0, 0.05) is 6.20 Å². The summed E-state index contributed by atoms with van der Waals surface area (Å²) >= 11 is 0. The third-order valence-electron chi connectivity index (χ3n) is 3.86. The zero-order valence-electron chi connectivity index (χ0n) is 13.3. The highest BCUT2D eigenvalue weighted by atomic mass is 19.4. The second-order valence-corrected chi connectivity index (χ2v) is 5.64. The van der Waals surface area contributed by atoms with Crippen LogP contribution in [0.2, 0.25) is 0 Å². The van der Waals surface area contributed by atoms with Crippen molar-refractivity contribution in [1.82, 2.24) is 19.9 Å². The molecule has 1 N–H and O–H groups in total. The lowest BCUT2D eigenvalue weighted by Crippen LogP contribution is -2.26. The van der Waals surface area contributed by atoms with E-state index in [1.54, 1.807) is 0 Å². The molecule has 8 heteroatoms. The van der Waals surface area contributed by atoms with E-state index in [1.165, 1.54) is 10.5 Å². The fourth-order valence-corrected chi connectivity index (χ4v) is 2.45. The first kappa shape index (κ1) is 16.9. The maximum Gasteiger partial charge on any atom is 0.417 e. The maximum absolute atomic E-state index is 12.8. The van der Waals surface area contributed by atoms with E-state index in [-0.39, 0.29) is 30.3 Å². The van der Waals surface area contributed by atoms with Crippen LogP contribution in [-0.4, -0.2) is 20.5 Å². The SMILES string of the molecule is Cc1ccccc1CC(=O)NCc1nnc2ccc(C(F)(F)F)cn12. The molecular formula is C17H15F3N4O. The fourth-order valence-electron chi connectivity index (χ4n) is 2.45.